The number of unbranched alkanes of at least 4 members (excludes halogenated alkanes) is 1. The van der Waals surface area contributed by atoms with Gasteiger partial charge in [0.05, 0.1) is 0 Å². The summed E-state index contributed by atoms with van der Waals surface area (Å²) >= 11 is 0. The molecule has 1 atom stereocenters. The van der Waals surface area contributed by atoms with E-state index in [1.807, 2.05) is 6.92 Å². The highest BCUT2D eigenvalue weighted by Crippen LogP contribution is 2.23. The van der Waals surface area contributed by atoms with E-state index in [1.165, 1.54) is 6.42 Å². The molecule has 2 amide bonds. The predicted octanol–water partition coefficient (Wildman–Crippen LogP) is 1.32. The van der Waals surface area contributed by atoms with Crippen molar-refractivity contribution in [2.24, 2.45) is 11.7 Å². The van der Waals surface area contributed by atoms with Crippen LogP contribution >= 0.6 is 0 Å². The van der Waals surface area contributed by atoms with Crippen molar-refractivity contribution in [1.29, 1.82) is 0 Å². The maximum atomic E-state index is 12.0. The quantitative estimate of drug-likeness (QED) is 0.587. The summed E-state index contributed by atoms with van der Waals surface area (Å²) in [5.41, 5.74) is 5.39. The Kier molecular flexibility index (Phi) is 8.26. The van der Waals surface area contributed by atoms with Crippen LogP contribution in [0.2, 0.25) is 0 Å². The number of amides is 2. The van der Waals surface area contributed by atoms with Gasteiger partial charge in [-0.05, 0) is 39.2 Å². The van der Waals surface area contributed by atoms with Gasteiger partial charge in [0.15, 0.2) is 0 Å². The van der Waals surface area contributed by atoms with Crippen LogP contribution in [0, 0.1) is 5.92 Å². The molecule has 1 fully saturated rings. The third kappa shape index (κ3) is 6.89. The first-order valence-corrected chi connectivity index (χ1v) is 7.90. The van der Waals surface area contributed by atoms with Gasteiger partial charge in [-0.15, -0.1) is 0 Å². The zero-order chi connectivity index (χ0) is 14.8. The standard InChI is InChI=1S/C15H29N3O2/c1-12(11-14(19)17-10-6-5-9-16)18-15(20)13-7-3-2-4-8-13/h12-13H,2-11,16H2,1H3,(H,17,19)(H,18,20). The van der Waals surface area contributed by atoms with Gasteiger partial charge in [-0.3, -0.25) is 9.59 Å². The highest BCUT2D eigenvalue weighted by atomic mass is 16.2. The first kappa shape index (κ1) is 17.0. The number of carbonyl (C=O) groups excluding carboxylic acids is 2. The Morgan fingerprint density at radius 1 is 1.20 bits per heavy atom. The van der Waals surface area contributed by atoms with E-state index in [2.05, 4.69) is 10.6 Å². The molecule has 1 saturated carbocycles. The Morgan fingerprint density at radius 3 is 2.55 bits per heavy atom. The molecule has 1 aliphatic carbocycles. The average molecular weight is 283 g/mol. The van der Waals surface area contributed by atoms with Crippen molar-refractivity contribution in [3.8, 4) is 0 Å². The minimum Gasteiger partial charge on any atom is -0.356 e. The van der Waals surface area contributed by atoms with Crippen molar-refractivity contribution < 1.29 is 9.59 Å². The summed E-state index contributed by atoms with van der Waals surface area (Å²) in [4.78, 5) is 23.7. The summed E-state index contributed by atoms with van der Waals surface area (Å²) in [7, 11) is 0. The van der Waals surface area contributed by atoms with Gasteiger partial charge in [0.25, 0.3) is 0 Å². The van der Waals surface area contributed by atoms with Gasteiger partial charge in [0.1, 0.15) is 0 Å². The molecule has 1 unspecified atom stereocenters. The second kappa shape index (κ2) is 9.75. The molecular formula is C15H29N3O2. The van der Waals surface area contributed by atoms with Gasteiger partial charge >= 0.3 is 0 Å². The second-order valence-electron chi connectivity index (χ2n) is 5.79. The van der Waals surface area contributed by atoms with Crippen LogP contribution in [0.5, 0.6) is 0 Å². The zero-order valence-electron chi connectivity index (χ0n) is 12.6. The minimum atomic E-state index is -0.0982. The van der Waals surface area contributed by atoms with Crippen LogP contribution in [0.3, 0.4) is 0 Å². The molecule has 0 aromatic rings. The van der Waals surface area contributed by atoms with E-state index < -0.39 is 0 Å². The summed E-state index contributed by atoms with van der Waals surface area (Å²) < 4.78 is 0. The maximum absolute atomic E-state index is 12.0. The van der Waals surface area contributed by atoms with E-state index in [-0.39, 0.29) is 23.8 Å². The molecule has 0 bridgehead atoms. The lowest BCUT2D eigenvalue weighted by Gasteiger charge is -2.23. The molecule has 116 valence electrons. The van der Waals surface area contributed by atoms with Gasteiger partial charge in [-0.25, -0.2) is 0 Å². The molecule has 0 heterocycles. The summed E-state index contributed by atoms with van der Waals surface area (Å²) in [5, 5.41) is 5.82. The maximum Gasteiger partial charge on any atom is 0.223 e. The molecule has 5 heteroatoms. The predicted molar refractivity (Wildman–Crippen MR) is 80.1 cm³/mol. The molecule has 0 aromatic heterocycles. The van der Waals surface area contributed by atoms with Crippen molar-refractivity contribution in [2.75, 3.05) is 13.1 Å². The lowest BCUT2D eigenvalue weighted by Crippen LogP contribution is -2.41. The Morgan fingerprint density at radius 2 is 1.90 bits per heavy atom. The topological polar surface area (TPSA) is 84.2 Å². The number of carbonyl (C=O) groups is 2. The van der Waals surface area contributed by atoms with E-state index in [0.717, 1.165) is 38.5 Å². The number of hydrogen-bond donors (Lipinski definition) is 3. The largest absolute Gasteiger partial charge is 0.356 e. The van der Waals surface area contributed by atoms with E-state index in [0.29, 0.717) is 19.5 Å². The molecule has 0 aliphatic heterocycles. The summed E-state index contributed by atoms with van der Waals surface area (Å²) in [6, 6.07) is -0.0982. The van der Waals surface area contributed by atoms with E-state index in [4.69, 9.17) is 5.73 Å². The normalized spacial score (nSPS) is 17.5. The van der Waals surface area contributed by atoms with Crippen LogP contribution in [-0.4, -0.2) is 30.9 Å². The fourth-order valence-electron chi connectivity index (χ4n) is 2.62. The first-order valence-electron chi connectivity index (χ1n) is 7.90. The highest BCUT2D eigenvalue weighted by molar-refractivity contribution is 5.81. The van der Waals surface area contributed by atoms with Crippen molar-refractivity contribution >= 4 is 11.8 Å². The van der Waals surface area contributed by atoms with E-state index in [9.17, 15) is 9.59 Å². The SMILES string of the molecule is CC(CC(=O)NCCCCN)NC(=O)C1CCCCC1. The fraction of sp³-hybridized carbons (Fsp3) is 0.867. The van der Waals surface area contributed by atoms with Crippen LogP contribution < -0.4 is 16.4 Å². The third-order valence-electron chi connectivity index (χ3n) is 3.81. The van der Waals surface area contributed by atoms with Gasteiger partial charge in [0.2, 0.25) is 11.8 Å². The minimum absolute atomic E-state index is 0.00142. The van der Waals surface area contributed by atoms with E-state index in [1.54, 1.807) is 0 Å². The van der Waals surface area contributed by atoms with Gasteiger partial charge < -0.3 is 16.4 Å². The lowest BCUT2D eigenvalue weighted by molar-refractivity contribution is -0.127. The second-order valence-corrected chi connectivity index (χ2v) is 5.79. The van der Waals surface area contributed by atoms with Gasteiger partial charge in [0, 0.05) is 24.9 Å². The molecule has 1 rings (SSSR count). The fourth-order valence-corrected chi connectivity index (χ4v) is 2.62. The molecule has 0 spiro atoms. The van der Waals surface area contributed by atoms with Crippen LogP contribution in [0.4, 0.5) is 0 Å². The highest BCUT2D eigenvalue weighted by Gasteiger charge is 2.22. The van der Waals surface area contributed by atoms with Crippen LogP contribution in [0.1, 0.15) is 58.3 Å². The smallest absolute Gasteiger partial charge is 0.223 e. The van der Waals surface area contributed by atoms with Crippen molar-refractivity contribution in [1.82, 2.24) is 10.6 Å². The number of nitrogens with one attached hydrogen (secondary N) is 2. The third-order valence-corrected chi connectivity index (χ3v) is 3.81. The lowest BCUT2D eigenvalue weighted by atomic mass is 9.88. The monoisotopic (exact) mass is 283 g/mol. The Balaban J connectivity index is 2.16. The summed E-state index contributed by atoms with van der Waals surface area (Å²) in [6.45, 7) is 3.21. The van der Waals surface area contributed by atoms with Gasteiger partial charge in [-0.2, -0.15) is 0 Å². The molecule has 0 saturated heterocycles. The molecule has 0 radical (unpaired) electrons. The first-order chi connectivity index (χ1) is 9.63. The molecule has 4 N–H and O–H groups in total. The zero-order valence-corrected chi connectivity index (χ0v) is 12.6. The summed E-state index contributed by atoms with van der Waals surface area (Å²) in [5.74, 6) is 0.269. The summed E-state index contributed by atoms with van der Waals surface area (Å²) in [6.07, 6.45) is 7.70. The van der Waals surface area contributed by atoms with Crippen LogP contribution in [0.25, 0.3) is 0 Å². The molecule has 1 aliphatic rings. The van der Waals surface area contributed by atoms with Gasteiger partial charge in [-0.1, -0.05) is 19.3 Å². The Labute approximate surface area is 122 Å². The molecular weight excluding hydrogens is 254 g/mol. The molecule has 5 nitrogen and oxygen atoms in total. The van der Waals surface area contributed by atoms with Crippen molar-refractivity contribution in [3.05, 3.63) is 0 Å². The van der Waals surface area contributed by atoms with Crippen molar-refractivity contribution in [3.63, 3.8) is 0 Å². The van der Waals surface area contributed by atoms with Crippen LogP contribution in [0.15, 0.2) is 0 Å². The molecule has 20 heavy (non-hydrogen) atoms. The van der Waals surface area contributed by atoms with E-state index >= 15 is 0 Å². The van der Waals surface area contributed by atoms with Crippen molar-refractivity contribution in [2.45, 2.75) is 64.3 Å². The number of rotatable bonds is 8. The average Bonchev–Trinajstić information content (AvgIpc) is 2.44. The number of nitrogens with two attached hydrogens (primary N) is 1. The van der Waals surface area contributed by atoms with Crippen LogP contribution in [-0.2, 0) is 9.59 Å². The Hall–Kier alpha value is -1.10. The Bertz CT molecular complexity index is 301. The number of hydrogen-bond acceptors (Lipinski definition) is 3. The molecule has 0 aromatic carbocycles.